The summed E-state index contributed by atoms with van der Waals surface area (Å²) in [6, 6.07) is 0.322. The molecule has 1 N–H and O–H groups in total. The van der Waals surface area contributed by atoms with E-state index in [1.54, 1.807) is 0 Å². The van der Waals surface area contributed by atoms with Crippen molar-refractivity contribution in [3.8, 4) is 0 Å². The normalized spacial score (nSPS) is 33.1. The quantitative estimate of drug-likeness (QED) is 0.829. The van der Waals surface area contributed by atoms with Crippen LogP contribution in [0.4, 0.5) is 0 Å². The highest BCUT2D eigenvalue weighted by molar-refractivity contribution is 6.36. The van der Waals surface area contributed by atoms with Crippen molar-refractivity contribution < 1.29 is 19.5 Å². The fourth-order valence-corrected chi connectivity index (χ4v) is 3.72. The maximum atomic E-state index is 12.6. The van der Waals surface area contributed by atoms with Gasteiger partial charge in [-0.3, -0.25) is 4.79 Å². The Morgan fingerprint density at radius 3 is 2.70 bits per heavy atom. The molecule has 0 spiro atoms. The second-order valence-corrected chi connectivity index (χ2v) is 5.93. The number of oxime groups is 1. The van der Waals surface area contributed by atoms with Gasteiger partial charge in [-0.25, -0.2) is 4.79 Å². The lowest BCUT2D eigenvalue weighted by atomic mass is 9.78. The van der Waals surface area contributed by atoms with Gasteiger partial charge in [0, 0.05) is 19.0 Å². The molecule has 0 bridgehead atoms. The van der Waals surface area contributed by atoms with Crippen molar-refractivity contribution in [3.63, 3.8) is 0 Å². The van der Waals surface area contributed by atoms with Crippen LogP contribution in [0.1, 0.15) is 44.9 Å². The van der Waals surface area contributed by atoms with Crippen molar-refractivity contribution in [2.24, 2.45) is 11.1 Å². The number of carboxylic acids is 1. The zero-order valence-electron chi connectivity index (χ0n) is 11.5. The van der Waals surface area contributed by atoms with Crippen LogP contribution in [0.3, 0.4) is 0 Å². The fourth-order valence-electron chi connectivity index (χ4n) is 3.72. The van der Waals surface area contributed by atoms with Crippen molar-refractivity contribution in [3.05, 3.63) is 0 Å². The summed E-state index contributed by atoms with van der Waals surface area (Å²) in [7, 11) is 0. The molecule has 110 valence electrons. The van der Waals surface area contributed by atoms with E-state index in [9.17, 15) is 9.59 Å². The van der Waals surface area contributed by atoms with E-state index in [2.05, 4.69) is 5.16 Å². The second-order valence-electron chi connectivity index (χ2n) is 5.93. The molecular weight excluding hydrogens is 260 g/mol. The Morgan fingerprint density at radius 1 is 1.20 bits per heavy atom. The Morgan fingerprint density at radius 2 is 1.95 bits per heavy atom. The van der Waals surface area contributed by atoms with Crippen molar-refractivity contribution in [2.75, 3.05) is 6.54 Å². The number of carbonyl (C=O) groups excluding carboxylic acids is 1. The molecule has 2 fully saturated rings. The van der Waals surface area contributed by atoms with Gasteiger partial charge in [-0.15, -0.1) is 0 Å². The first-order chi connectivity index (χ1) is 9.66. The molecule has 20 heavy (non-hydrogen) atoms. The maximum absolute atomic E-state index is 12.6. The lowest BCUT2D eigenvalue weighted by Gasteiger charge is -2.44. The van der Waals surface area contributed by atoms with Crippen LogP contribution in [-0.4, -0.2) is 46.3 Å². The first kappa shape index (κ1) is 13.4. The van der Waals surface area contributed by atoms with E-state index in [0.29, 0.717) is 12.0 Å². The van der Waals surface area contributed by atoms with Crippen LogP contribution < -0.4 is 0 Å². The zero-order chi connectivity index (χ0) is 14.1. The lowest BCUT2D eigenvalue weighted by Crippen LogP contribution is -2.52. The van der Waals surface area contributed by atoms with Crippen molar-refractivity contribution in [2.45, 2.75) is 57.1 Å². The molecule has 1 saturated heterocycles. The molecule has 6 nitrogen and oxygen atoms in total. The molecule has 3 atom stereocenters. The van der Waals surface area contributed by atoms with Crippen LogP contribution in [0.5, 0.6) is 0 Å². The van der Waals surface area contributed by atoms with Gasteiger partial charge < -0.3 is 14.8 Å². The monoisotopic (exact) mass is 280 g/mol. The van der Waals surface area contributed by atoms with Gasteiger partial charge in [0.05, 0.1) is 0 Å². The molecule has 3 rings (SSSR count). The second kappa shape index (κ2) is 5.42. The molecule has 3 unspecified atom stereocenters. The van der Waals surface area contributed by atoms with E-state index in [-0.39, 0.29) is 18.0 Å². The summed E-state index contributed by atoms with van der Waals surface area (Å²) < 4.78 is 0. The predicted molar refractivity (Wildman–Crippen MR) is 71.3 cm³/mol. The van der Waals surface area contributed by atoms with Gasteiger partial charge in [0.2, 0.25) is 6.10 Å². The summed E-state index contributed by atoms with van der Waals surface area (Å²) >= 11 is 0. The van der Waals surface area contributed by atoms with Gasteiger partial charge in [-0.2, -0.15) is 0 Å². The van der Waals surface area contributed by atoms with Crippen molar-refractivity contribution >= 4 is 17.6 Å². The van der Waals surface area contributed by atoms with Gasteiger partial charge in [-0.1, -0.05) is 18.0 Å². The fraction of sp³-hybridized carbons (Fsp3) is 0.786. The third-order valence-corrected chi connectivity index (χ3v) is 4.72. The maximum Gasteiger partial charge on any atom is 0.353 e. The highest BCUT2D eigenvalue weighted by atomic mass is 16.6. The minimum Gasteiger partial charge on any atom is -0.477 e. The number of hydrogen-bond acceptors (Lipinski definition) is 4. The summed E-state index contributed by atoms with van der Waals surface area (Å²) in [6.07, 6.45) is 6.29. The van der Waals surface area contributed by atoms with E-state index in [0.717, 1.165) is 19.4 Å². The van der Waals surface area contributed by atoms with Gasteiger partial charge in [0.15, 0.2) is 5.71 Å². The molecule has 1 saturated carbocycles. The molecule has 0 aromatic rings. The highest BCUT2D eigenvalue weighted by Crippen LogP contribution is 2.36. The first-order valence-corrected chi connectivity index (χ1v) is 7.43. The smallest absolute Gasteiger partial charge is 0.353 e. The van der Waals surface area contributed by atoms with Gasteiger partial charge in [-0.05, 0) is 31.6 Å². The summed E-state index contributed by atoms with van der Waals surface area (Å²) in [5, 5.41) is 12.4. The Kier molecular flexibility index (Phi) is 3.63. The average Bonchev–Trinajstić information content (AvgIpc) is 2.96. The predicted octanol–water partition coefficient (Wildman–Crippen LogP) is 1.40. The number of carbonyl (C=O) groups is 2. The van der Waals surface area contributed by atoms with E-state index in [4.69, 9.17) is 9.94 Å². The molecule has 3 aliphatic rings. The molecule has 1 aliphatic carbocycles. The van der Waals surface area contributed by atoms with Crippen molar-refractivity contribution in [1.29, 1.82) is 0 Å². The summed E-state index contributed by atoms with van der Waals surface area (Å²) in [5.74, 6) is -0.571. The van der Waals surface area contributed by atoms with E-state index < -0.39 is 12.1 Å². The topological polar surface area (TPSA) is 79.2 Å². The van der Waals surface area contributed by atoms with E-state index in [1.165, 1.54) is 25.7 Å². The molecule has 0 aromatic carbocycles. The Bertz CT molecular complexity index is 446. The van der Waals surface area contributed by atoms with Gasteiger partial charge in [0.25, 0.3) is 5.91 Å². The Balaban J connectivity index is 1.66. The summed E-state index contributed by atoms with van der Waals surface area (Å²) in [6.45, 7) is 0.766. The molecule has 2 heterocycles. The van der Waals surface area contributed by atoms with Crippen LogP contribution >= 0.6 is 0 Å². The number of carboxylic acid groups (broad SMARTS) is 1. The van der Waals surface area contributed by atoms with Gasteiger partial charge >= 0.3 is 5.97 Å². The van der Waals surface area contributed by atoms with Gasteiger partial charge in [0.1, 0.15) is 0 Å². The molecule has 6 heteroatoms. The highest BCUT2D eigenvalue weighted by Gasteiger charge is 2.41. The number of rotatable bonds is 2. The lowest BCUT2D eigenvalue weighted by molar-refractivity contribution is -0.148. The van der Waals surface area contributed by atoms with Crippen molar-refractivity contribution in [1.82, 2.24) is 4.90 Å². The SMILES string of the molecule is O=C(O)C1=NOC(C(=O)N2CCCC3CCCCC32)C1. The number of piperidine rings is 1. The summed E-state index contributed by atoms with van der Waals surface area (Å²) in [4.78, 5) is 30.4. The Labute approximate surface area is 117 Å². The number of amides is 1. The third-order valence-electron chi connectivity index (χ3n) is 4.72. The Hall–Kier alpha value is -1.59. The van der Waals surface area contributed by atoms with Crippen LogP contribution in [0.2, 0.25) is 0 Å². The van der Waals surface area contributed by atoms with E-state index >= 15 is 0 Å². The van der Waals surface area contributed by atoms with Crippen LogP contribution in [0, 0.1) is 5.92 Å². The minimum atomic E-state index is -1.10. The number of likely N-dealkylation sites (tertiary alicyclic amines) is 1. The van der Waals surface area contributed by atoms with Crippen LogP contribution in [-0.2, 0) is 14.4 Å². The zero-order valence-corrected chi connectivity index (χ0v) is 11.5. The largest absolute Gasteiger partial charge is 0.477 e. The first-order valence-electron chi connectivity index (χ1n) is 7.43. The molecule has 0 radical (unpaired) electrons. The number of nitrogens with zero attached hydrogens (tertiary/aromatic N) is 2. The van der Waals surface area contributed by atoms with Crippen LogP contribution in [0.25, 0.3) is 0 Å². The molecule has 1 amide bonds. The number of aliphatic carboxylic acids is 1. The number of fused-ring (bicyclic) bond motifs is 1. The molecular formula is C14H20N2O4. The summed E-state index contributed by atoms with van der Waals surface area (Å²) in [5.41, 5.74) is -0.0550. The standard InChI is InChI=1S/C14H20N2O4/c17-13(12-8-10(14(18)19)15-20-12)16-7-3-5-9-4-1-2-6-11(9)16/h9,11-12H,1-8H2,(H,18,19). The molecule has 2 aliphatic heterocycles. The minimum absolute atomic E-state index is 0.0550. The molecule has 0 aromatic heterocycles. The van der Waals surface area contributed by atoms with Crippen LogP contribution in [0.15, 0.2) is 5.16 Å². The third kappa shape index (κ3) is 2.39. The average molecular weight is 280 g/mol. The number of hydrogen-bond donors (Lipinski definition) is 1. The van der Waals surface area contributed by atoms with E-state index in [1.807, 2.05) is 4.90 Å².